The van der Waals surface area contributed by atoms with Crippen LogP contribution < -0.4 is 5.73 Å². The van der Waals surface area contributed by atoms with E-state index in [1.165, 1.54) is 18.2 Å². The Morgan fingerprint density at radius 3 is 2.79 bits per heavy atom. The van der Waals surface area contributed by atoms with E-state index in [4.69, 9.17) is 10.8 Å². The fourth-order valence-corrected chi connectivity index (χ4v) is 1.17. The summed E-state index contributed by atoms with van der Waals surface area (Å²) in [6.45, 7) is 3.43. The van der Waals surface area contributed by atoms with Crippen LogP contribution in [0, 0.1) is 5.82 Å². The van der Waals surface area contributed by atoms with Crippen molar-refractivity contribution in [2.75, 3.05) is 0 Å². The summed E-state index contributed by atoms with van der Waals surface area (Å²) in [6.07, 6.45) is 1.36. The van der Waals surface area contributed by atoms with Gasteiger partial charge in [-0.2, -0.15) is 0 Å². The predicted molar refractivity (Wildman–Crippen MR) is 50.5 cm³/mol. The highest BCUT2D eigenvalue weighted by molar-refractivity contribution is 5.90. The maximum Gasteiger partial charge on any atom is 0.339 e. The Labute approximate surface area is 80.7 Å². The minimum atomic E-state index is -1.32. The molecule has 0 saturated heterocycles. The van der Waals surface area contributed by atoms with Crippen molar-refractivity contribution in [1.29, 1.82) is 0 Å². The lowest BCUT2D eigenvalue weighted by atomic mass is 10.0. The second-order valence-corrected chi connectivity index (χ2v) is 2.77. The summed E-state index contributed by atoms with van der Waals surface area (Å²) in [5, 5.41) is 8.76. The lowest BCUT2D eigenvalue weighted by molar-refractivity contribution is 0.0690. The number of carboxylic acid groups (broad SMARTS) is 1. The van der Waals surface area contributed by atoms with Crippen LogP contribution in [0.4, 0.5) is 4.39 Å². The molecule has 0 aliphatic carbocycles. The molecule has 3 nitrogen and oxygen atoms in total. The number of carboxylic acids is 1. The Kier molecular flexibility index (Phi) is 2.99. The van der Waals surface area contributed by atoms with E-state index in [0.717, 1.165) is 6.07 Å². The molecule has 74 valence electrons. The number of carbonyl (C=O) groups is 1. The maximum absolute atomic E-state index is 13.1. The molecule has 3 N–H and O–H groups in total. The number of nitrogens with two attached hydrogens (primary N) is 1. The number of halogens is 1. The summed E-state index contributed by atoms with van der Waals surface area (Å²) < 4.78 is 13.1. The molecule has 1 aromatic rings. The smallest absolute Gasteiger partial charge is 0.339 e. The Balaban J connectivity index is 3.35. The van der Waals surface area contributed by atoms with Crippen molar-refractivity contribution in [3.8, 4) is 0 Å². The van der Waals surface area contributed by atoms with Crippen LogP contribution in [-0.2, 0) is 0 Å². The first kappa shape index (κ1) is 10.4. The van der Waals surface area contributed by atoms with Crippen LogP contribution in [0.15, 0.2) is 30.9 Å². The first-order valence-electron chi connectivity index (χ1n) is 3.97. The van der Waals surface area contributed by atoms with Gasteiger partial charge in [0.15, 0.2) is 0 Å². The van der Waals surface area contributed by atoms with Gasteiger partial charge in [0.25, 0.3) is 0 Å². The maximum atomic E-state index is 13.1. The third-order valence-corrected chi connectivity index (χ3v) is 1.87. The number of aromatic carboxylic acids is 1. The Bertz CT molecular complexity index is 376. The molecule has 0 fully saturated rings. The Morgan fingerprint density at radius 1 is 1.64 bits per heavy atom. The van der Waals surface area contributed by atoms with Gasteiger partial charge in [0.2, 0.25) is 0 Å². The fraction of sp³-hybridized carbons (Fsp3) is 0.100. The molecular formula is C10H10FNO2. The van der Waals surface area contributed by atoms with E-state index in [1.807, 2.05) is 0 Å². The summed E-state index contributed by atoms with van der Waals surface area (Å²) in [5.74, 6) is -2.11. The zero-order valence-corrected chi connectivity index (χ0v) is 7.40. The van der Waals surface area contributed by atoms with Gasteiger partial charge in [-0.3, -0.25) is 0 Å². The predicted octanol–water partition coefficient (Wildman–Crippen LogP) is 1.71. The Hall–Kier alpha value is -1.68. The first-order chi connectivity index (χ1) is 6.57. The van der Waals surface area contributed by atoms with Crippen LogP contribution in [0.3, 0.4) is 0 Å². The highest BCUT2D eigenvalue weighted by Crippen LogP contribution is 2.19. The van der Waals surface area contributed by atoms with Crippen molar-refractivity contribution >= 4 is 5.97 Å². The van der Waals surface area contributed by atoms with E-state index in [0.29, 0.717) is 0 Å². The molecule has 1 aromatic carbocycles. The minimum absolute atomic E-state index is 0.229. The van der Waals surface area contributed by atoms with Crippen LogP contribution in [-0.4, -0.2) is 11.1 Å². The van der Waals surface area contributed by atoms with Gasteiger partial charge in [-0.15, -0.1) is 6.58 Å². The zero-order chi connectivity index (χ0) is 10.7. The molecule has 0 saturated carbocycles. The van der Waals surface area contributed by atoms with Gasteiger partial charge in [0.1, 0.15) is 11.4 Å². The molecule has 0 aromatic heterocycles. The molecule has 1 unspecified atom stereocenters. The quantitative estimate of drug-likeness (QED) is 0.721. The molecule has 0 bridgehead atoms. The van der Waals surface area contributed by atoms with E-state index >= 15 is 0 Å². The number of benzene rings is 1. The van der Waals surface area contributed by atoms with Gasteiger partial charge < -0.3 is 10.8 Å². The fourth-order valence-electron chi connectivity index (χ4n) is 1.17. The van der Waals surface area contributed by atoms with E-state index < -0.39 is 17.8 Å². The molecule has 0 amide bonds. The van der Waals surface area contributed by atoms with E-state index in [1.54, 1.807) is 0 Å². The zero-order valence-electron chi connectivity index (χ0n) is 7.40. The second kappa shape index (κ2) is 4.02. The number of hydrogen-bond acceptors (Lipinski definition) is 2. The largest absolute Gasteiger partial charge is 0.478 e. The van der Waals surface area contributed by atoms with Crippen LogP contribution in [0.2, 0.25) is 0 Å². The topological polar surface area (TPSA) is 63.3 Å². The molecule has 0 aliphatic heterocycles. The molecule has 0 spiro atoms. The van der Waals surface area contributed by atoms with Gasteiger partial charge in [0, 0.05) is 6.04 Å². The van der Waals surface area contributed by atoms with E-state index in [-0.39, 0.29) is 11.1 Å². The second-order valence-electron chi connectivity index (χ2n) is 2.77. The van der Waals surface area contributed by atoms with Crippen LogP contribution in [0.25, 0.3) is 0 Å². The number of hydrogen-bond donors (Lipinski definition) is 2. The Morgan fingerprint density at radius 2 is 2.29 bits per heavy atom. The average molecular weight is 195 g/mol. The highest BCUT2D eigenvalue weighted by Gasteiger charge is 2.17. The molecule has 0 radical (unpaired) electrons. The third kappa shape index (κ3) is 1.80. The monoisotopic (exact) mass is 195 g/mol. The average Bonchev–Trinajstić information content (AvgIpc) is 2.15. The molecule has 0 aliphatic rings. The normalized spacial score (nSPS) is 12.1. The molecule has 14 heavy (non-hydrogen) atoms. The molecule has 1 atom stereocenters. The van der Waals surface area contributed by atoms with Gasteiger partial charge in [-0.05, 0) is 11.6 Å². The molecule has 4 heteroatoms. The first-order valence-corrected chi connectivity index (χ1v) is 3.97. The van der Waals surface area contributed by atoms with E-state index in [9.17, 15) is 9.18 Å². The summed E-state index contributed by atoms with van der Waals surface area (Å²) >= 11 is 0. The van der Waals surface area contributed by atoms with E-state index in [2.05, 4.69) is 6.58 Å². The standard InChI is InChI=1S/C10H10FNO2/c1-2-8(12)6-4-3-5-7(11)9(6)10(13)14/h2-5,8H,1,12H2,(H,13,14). The van der Waals surface area contributed by atoms with Crippen molar-refractivity contribution in [2.45, 2.75) is 6.04 Å². The van der Waals surface area contributed by atoms with Gasteiger partial charge >= 0.3 is 5.97 Å². The summed E-state index contributed by atoms with van der Waals surface area (Å²) in [4.78, 5) is 10.7. The van der Waals surface area contributed by atoms with Crippen LogP contribution in [0.5, 0.6) is 0 Å². The molecular weight excluding hydrogens is 185 g/mol. The highest BCUT2D eigenvalue weighted by atomic mass is 19.1. The number of rotatable bonds is 3. The van der Waals surface area contributed by atoms with Gasteiger partial charge in [-0.25, -0.2) is 9.18 Å². The summed E-state index contributed by atoms with van der Waals surface area (Å²) in [7, 11) is 0. The third-order valence-electron chi connectivity index (χ3n) is 1.87. The van der Waals surface area contributed by atoms with Gasteiger partial charge in [0.05, 0.1) is 0 Å². The minimum Gasteiger partial charge on any atom is -0.478 e. The summed E-state index contributed by atoms with van der Waals surface area (Å²) in [6, 6.07) is 3.30. The molecule has 1 rings (SSSR count). The van der Waals surface area contributed by atoms with Crippen LogP contribution in [0.1, 0.15) is 22.0 Å². The van der Waals surface area contributed by atoms with Crippen molar-refractivity contribution in [3.05, 3.63) is 47.8 Å². The van der Waals surface area contributed by atoms with Crippen molar-refractivity contribution in [2.24, 2.45) is 5.73 Å². The van der Waals surface area contributed by atoms with Crippen LogP contribution >= 0.6 is 0 Å². The van der Waals surface area contributed by atoms with Crippen molar-refractivity contribution in [3.63, 3.8) is 0 Å². The van der Waals surface area contributed by atoms with Gasteiger partial charge in [-0.1, -0.05) is 18.2 Å². The van der Waals surface area contributed by atoms with Crippen molar-refractivity contribution < 1.29 is 14.3 Å². The summed E-state index contributed by atoms with van der Waals surface area (Å²) in [5.41, 5.74) is 5.39. The van der Waals surface area contributed by atoms with Crippen molar-refractivity contribution in [1.82, 2.24) is 0 Å². The molecule has 0 heterocycles. The SMILES string of the molecule is C=CC(N)c1cccc(F)c1C(=O)O. The lowest BCUT2D eigenvalue weighted by Crippen LogP contribution is -2.14. The lowest BCUT2D eigenvalue weighted by Gasteiger charge is -2.10.